The zero-order chi connectivity index (χ0) is 15.1. The summed E-state index contributed by atoms with van der Waals surface area (Å²) in [7, 11) is 0. The normalized spacial score (nSPS) is 20.9. The SMILES string of the molecule is CCC1CCCN(C(=O)C(CN)Cc2ccccc2)CC1. The van der Waals surface area contributed by atoms with E-state index in [2.05, 4.69) is 24.0 Å². The fraction of sp³-hybridized carbons (Fsp3) is 0.611. The lowest BCUT2D eigenvalue weighted by Crippen LogP contribution is -2.40. The van der Waals surface area contributed by atoms with Crippen molar-refractivity contribution in [2.45, 2.75) is 39.0 Å². The Kier molecular flexibility index (Phi) is 6.24. The summed E-state index contributed by atoms with van der Waals surface area (Å²) in [5.41, 5.74) is 7.07. The second-order valence-electron chi connectivity index (χ2n) is 6.15. The van der Waals surface area contributed by atoms with Crippen LogP contribution in [-0.4, -0.2) is 30.4 Å². The molecule has 116 valence electrons. The van der Waals surface area contributed by atoms with Crippen molar-refractivity contribution in [3.8, 4) is 0 Å². The molecule has 2 atom stereocenters. The number of carbonyl (C=O) groups excluding carboxylic acids is 1. The Balaban J connectivity index is 1.96. The maximum atomic E-state index is 12.7. The summed E-state index contributed by atoms with van der Waals surface area (Å²) in [6, 6.07) is 10.2. The van der Waals surface area contributed by atoms with Crippen LogP contribution in [0.3, 0.4) is 0 Å². The lowest BCUT2D eigenvalue weighted by Gasteiger charge is -2.25. The Morgan fingerprint density at radius 1 is 1.29 bits per heavy atom. The monoisotopic (exact) mass is 288 g/mol. The zero-order valence-electron chi connectivity index (χ0n) is 13.1. The highest BCUT2D eigenvalue weighted by Crippen LogP contribution is 2.22. The smallest absolute Gasteiger partial charge is 0.227 e. The van der Waals surface area contributed by atoms with E-state index >= 15 is 0 Å². The molecule has 1 saturated heterocycles. The van der Waals surface area contributed by atoms with Gasteiger partial charge in [0.05, 0.1) is 5.92 Å². The maximum absolute atomic E-state index is 12.7. The molecule has 0 bridgehead atoms. The molecule has 0 spiro atoms. The summed E-state index contributed by atoms with van der Waals surface area (Å²) >= 11 is 0. The van der Waals surface area contributed by atoms with Crippen molar-refractivity contribution in [1.29, 1.82) is 0 Å². The van der Waals surface area contributed by atoms with E-state index < -0.39 is 0 Å². The van der Waals surface area contributed by atoms with Crippen molar-refractivity contribution >= 4 is 5.91 Å². The van der Waals surface area contributed by atoms with E-state index in [1.54, 1.807) is 0 Å². The van der Waals surface area contributed by atoms with Crippen LogP contribution in [0.1, 0.15) is 38.2 Å². The Morgan fingerprint density at radius 2 is 2.05 bits per heavy atom. The zero-order valence-corrected chi connectivity index (χ0v) is 13.1. The number of hydrogen-bond donors (Lipinski definition) is 1. The van der Waals surface area contributed by atoms with E-state index in [0.29, 0.717) is 6.54 Å². The lowest BCUT2D eigenvalue weighted by atomic mass is 9.97. The van der Waals surface area contributed by atoms with Gasteiger partial charge in [0.2, 0.25) is 5.91 Å². The van der Waals surface area contributed by atoms with Crippen molar-refractivity contribution in [2.24, 2.45) is 17.6 Å². The van der Waals surface area contributed by atoms with Crippen LogP contribution in [0, 0.1) is 11.8 Å². The van der Waals surface area contributed by atoms with Crippen LogP contribution in [0.15, 0.2) is 30.3 Å². The number of hydrogen-bond acceptors (Lipinski definition) is 2. The number of nitrogens with zero attached hydrogens (tertiary/aromatic N) is 1. The Hall–Kier alpha value is -1.35. The molecule has 1 aromatic carbocycles. The van der Waals surface area contributed by atoms with Gasteiger partial charge in [-0.25, -0.2) is 0 Å². The van der Waals surface area contributed by atoms with Gasteiger partial charge in [0.15, 0.2) is 0 Å². The number of rotatable bonds is 5. The van der Waals surface area contributed by atoms with Gasteiger partial charge in [-0.05, 0) is 37.2 Å². The fourth-order valence-electron chi connectivity index (χ4n) is 3.22. The van der Waals surface area contributed by atoms with Crippen molar-refractivity contribution in [3.05, 3.63) is 35.9 Å². The van der Waals surface area contributed by atoms with E-state index in [-0.39, 0.29) is 11.8 Å². The second kappa shape index (κ2) is 8.18. The first-order chi connectivity index (χ1) is 10.2. The van der Waals surface area contributed by atoms with Crippen molar-refractivity contribution < 1.29 is 4.79 Å². The van der Waals surface area contributed by atoms with Gasteiger partial charge in [-0.1, -0.05) is 43.7 Å². The molecule has 0 aromatic heterocycles. The average Bonchev–Trinajstić information content (AvgIpc) is 2.78. The molecule has 1 amide bonds. The topological polar surface area (TPSA) is 46.3 Å². The van der Waals surface area contributed by atoms with Crippen LogP contribution in [0.5, 0.6) is 0 Å². The largest absolute Gasteiger partial charge is 0.342 e. The molecule has 3 heteroatoms. The summed E-state index contributed by atoms with van der Waals surface area (Å²) in [5.74, 6) is 0.955. The summed E-state index contributed by atoms with van der Waals surface area (Å²) < 4.78 is 0. The maximum Gasteiger partial charge on any atom is 0.227 e. The predicted octanol–water partition coefficient (Wildman–Crippen LogP) is 2.84. The Bertz CT molecular complexity index is 432. The number of likely N-dealkylation sites (tertiary alicyclic amines) is 1. The van der Waals surface area contributed by atoms with Gasteiger partial charge in [-0.3, -0.25) is 4.79 Å². The second-order valence-corrected chi connectivity index (χ2v) is 6.15. The van der Waals surface area contributed by atoms with Gasteiger partial charge in [-0.15, -0.1) is 0 Å². The number of nitrogens with two attached hydrogens (primary N) is 1. The first kappa shape index (κ1) is 16.0. The molecule has 0 aliphatic carbocycles. The number of amides is 1. The molecule has 1 fully saturated rings. The van der Waals surface area contributed by atoms with E-state index in [1.165, 1.54) is 18.4 Å². The molecule has 1 heterocycles. The molecule has 1 aromatic rings. The molecule has 0 radical (unpaired) electrons. The van der Waals surface area contributed by atoms with Gasteiger partial charge in [-0.2, -0.15) is 0 Å². The summed E-state index contributed by atoms with van der Waals surface area (Å²) in [4.78, 5) is 14.8. The predicted molar refractivity (Wildman–Crippen MR) is 86.9 cm³/mol. The third-order valence-electron chi connectivity index (χ3n) is 4.70. The minimum atomic E-state index is -0.0782. The molecule has 2 unspecified atom stereocenters. The minimum Gasteiger partial charge on any atom is -0.342 e. The van der Waals surface area contributed by atoms with Gasteiger partial charge in [0.1, 0.15) is 0 Å². The average molecular weight is 288 g/mol. The van der Waals surface area contributed by atoms with Crippen LogP contribution in [0.2, 0.25) is 0 Å². The van der Waals surface area contributed by atoms with Crippen LogP contribution < -0.4 is 5.73 Å². The van der Waals surface area contributed by atoms with Gasteiger partial charge in [0.25, 0.3) is 0 Å². The highest BCUT2D eigenvalue weighted by molar-refractivity contribution is 5.79. The van der Waals surface area contributed by atoms with Crippen molar-refractivity contribution in [2.75, 3.05) is 19.6 Å². The molecule has 1 aliphatic rings. The van der Waals surface area contributed by atoms with E-state index in [9.17, 15) is 4.79 Å². The first-order valence-electron chi connectivity index (χ1n) is 8.27. The van der Waals surface area contributed by atoms with Gasteiger partial charge < -0.3 is 10.6 Å². The third kappa shape index (κ3) is 4.57. The van der Waals surface area contributed by atoms with E-state index in [4.69, 9.17) is 5.73 Å². The molecular formula is C18H28N2O. The summed E-state index contributed by atoms with van der Waals surface area (Å²) in [6.45, 7) is 4.49. The Morgan fingerprint density at radius 3 is 2.71 bits per heavy atom. The van der Waals surface area contributed by atoms with Crippen molar-refractivity contribution in [3.63, 3.8) is 0 Å². The van der Waals surface area contributed by atoms with Crippen LogP contribution in [-0.2, 0) is 11.2 Å². The number of benzene rings is 1. The van der Waals surface area contributed by atoms with Gasteiger partial charge >= 0.3 is 0 Å². The molecule has 0 saturated carbocycles. The fourth-order valence-corrected chi connectivity index (χ4v) is 3.22. The highest BCUT2D eigenvalue weighted by atomic mass is 16.2. The Labute approximate surface area is 128 Å². The summed E-state index contributed by atoms with van der Waals surface area (Å²) in [5, 5.41) is 0. The van der Waals surface area contributed by atoms with Gasteiger partial charge in [0, 0.05) is 19.6 Å². The summed E-state index contributed by atoms with van der Waals surface area (Å²) in [6.07, 6.45) is 5.51. The van der Waals surface area contributed by atoms with Crippen LogP contribution in [0.25, 0.3) is 0 Å². The minimum absolute atomic E-state index is 0.0782. The van der Waals surface area contributed by atoms with E-state index in [0.717, 1.165) is 38.3 Å². The highest BCUT2D eigenvalue weighted by Gasteiger charge is 2.25. The molecule has 21 heavy (non-hydrogen) atoms. The standard InChI is InChI=1S/C18H28N2O/c1-2-15-9-6-11-20(12-10-15)18(21)17(14-19)13-16-7-4-3-5-8-16/h3-5,7-8,15,17H,2,6,9-14,19H2,1H3. The molecule has 1 aliphatic heterocycles. The molecule has 2 N–H and O–H groups in total. The van der Waals surface area contributed by atoms with E-state index in [1.807, 2.05) is 18.2 Å². The first-order valence-corrected chi connectivity index (χ1v) is 8.27. The third-order valence-corrected chi connectivity index (χ3v) is 4.70. The van der Waals surface area contributed by atoms with Crippen molar-refractivity contribution in [1.82, 2.24) is 4.90 Å². The van der Waals surface area contributed by atoms with Crippen LogP contribution >= 0.6 is 0 Å². The quantitative estimate of drug-likeness (QED) is 0.905. The molecular weight excluding hydrogens is 260 g/mol. The molecule has 3 nitrogen and oxygen atoms in total. The number of carbonyl (C=O) groups is 1. The van der Waals surface area contributed by atoms with Crippen LogP contribution in [0.4, 0.5) is 0 Å². The lowest BCUT2D eigenvalue weighted by molar-refractivity contribution is -0.135. The molecule has 2 rings (SSSR count).